The molecule has 0 radical (unpaired) electrons. The van der Waals surface area contributed by atoms with Crippen LogP contribution in [0.25, 0.3) is 0 Å². The minimum Gasteiger partial charge on any atom is -0.318 e. The van der Waals surface area contributed by atoms with Crippen LogP contribution in [0.15, 0.2) is 16.8 Å². The van der Waals surface area contributed by atoms with Gasteiger partial charge in [-0.3, -0.25) is 9.63 Å². The third-order valence-corrected chi connectivity index (χ3v) is 9.98. The van der Waals surface area contributed by atoms with Crippen LogP contribution in [0.4, 0.5) is 9.18 Å². The molecule has 3 saturated carbocycles. The Hall–Kier alpha value is -1.76. The van der Waals surface area contributed by atoms with Gasteiger partial charge in [-0.05, 0) is 93.6 Å². The minimum absolute atomic E-state index is 0.0160. The summed E-state index contributed by atoms with van der Waals surface area (Å²) in [6, 6.07) is 0. The number of carbonyl (C=O) groups is 2. The van der Waals surface area contributed by atoms with Crippen LogP contribution in [0.1, 0.15) is 72.1 Å². The molecule has 0 spiro atoms. The first-order valence-electron chi connectivity index (χ1n) is 13.2. The number of oxime groups is 1. The van der Waals surface area contributed by atoms with Crippen LogP contribution in [0.3, 0.4) is 0 Å². The molecular weight excluding hydrogens is 433 g/mol. The molecule has 6 atom stereocenters. The number of ketones is 1. The van der Waals surface area contributed by atoms with Crippen molar-refractivity contribution in [3.05, 3.63) is 11.6 Å². The Labute approximate surface area is 203 Å². The maximum atomic E-state index is 12.9. The Kier molecular flexibility index (Phi) is 7.51. The summed E-state index contributed by atoms with van der Waals surface area (Å²) in [7, 11) is 1.80. The number of nitrogens with one attached hydrogen (secondary N) is 1. The summed E-state index contributed by atoms with van der Waals surface area (Å²) < 4.78 is 12.9. The Morgan fingerprint density at radius 3 is 2.71 bits per heavy atom. The summed E-state index contributed by atoms with van der Waals surface area (Å²) in [6.45, 7) is 7.21. The van der Waals surface area contributed by atoms with Gasteiger partial charge in [-0.15, -0.1) is 0 Å². The Bertz CT molecular complexity index is 858. The fourth-order valence-corrected chi connectivity index (χ4v) is 8.12. The number of nitrogens with zero attached hydrogens (tertiary/aromatic N) is 2. The Balaban J connectivity index is 1.46. The molecule has 0 bridgehead atoms. The minimum atomic E-state index is -0.601. The molecule has 190 valence electrons. The molecular formula is C27H42FN3O3. The predicted molar refractivity (Wildman–Crippen MR) is 131 cm³/mol. The van der Waals surface area contributed by atoms with Gasteiger partial charge in [0.15, 0.2) is 5.78 Å². The zero-order valence-electron chi connectivity index (χ0n) is 21.4. The number of amides is 1. The lowest BCUT2D eigenvalue weighted by atomic mass is 9.46. The average Bonchev–Trinajstić information content (AvgIpc) is 3.17. The Morgan fingerprint density at radius 1 is 1.18 bits per heavy atom. The molecule has 4 rings (SSSR count). The van der Waals surface area contributed by atoms with Gasteiger partial charge in [0.1, 0.15) is 6.67 Å². The summed E-state index contributed by atoms with van der Waals surface area (Å²) >= 11 is 0. The summed E-state index contributed by atoms with van der Waals surface area (Å²) in [4.78, 5) is 31.2. The van der Waals surface area contributed by atoms with Gasteiger partial charge in [0, 0.05) is 25.4 Å². The molecule has 34 heavy (non-hydrogen) atoms. The summed E-state index contributed by atoms with van der Waals surface area (Å²) in [5.74, 6) is 2.61. The number of hydrogen-bond donors (Lipinski definition) is 1. The summed E-state index contributed by atoms with van der Waals surface area (Å²) in [5, 5.41) is 7.26. The molecule has 1 amide bonds. The zero-order chi connectivity index (χ0) is 24.5. The van der Waals surface area contributed by atoms with Crippen molar-refractivity contribution in [2.75, 3.05) is 33.4 Å². The van der Waals surface area contributed by atoms with Crippen molar-refractivity contribution >= 4 is 17.6 Å². The van der Waals surface area contributed by atoms with Crippen LogP contribution in [0.2, 0.25) is 0 Å². The summed E-state index contributed by atoms with van der Waals surface area (Å²) in [5.41, 5.74) is 2.64. The number of rotatable bonds is 7. The van der Waals surface area contributed by atoms with Crippen molar-refractivity contribution < 1.29 is 18.8 Å². The molecule has 0 aromatic rings. The van der Waals surface area contributed by atoms with E-state index in [1.54, 1.807) is 7.05 Å². The van der Waals surface area contributed by atoms with E-state index in [0.717, 1.165) is 31.4 Å². The van der Waals surface area contributed by atoms with Crippen molar-refractivity contribution in [1.82, 2.24) is 10.2 Å². The van der Waals surface area contributed by atoms with Crippen LogP contribution >= 0.6 is 0 Å². The number of allylic oxidation sites excluding steroid dienone is 1. The predicted octanol–water partition coefficient (Wildman–Crippen LogP) is 5.14. The van der Waals surface area contributed by atoms with E-state index in [2.05, 4.69) is 24.3 Å². The number of alkyl halides is 1. The van der Waals surface area contributed by atoms with Crippen molar-refractivity contribution in [2.45, 2.75) is 72.1 Å². The highest BCUT2D eigenvalue weighted by molar-refractivity contribution is 5.91. The van der Waals surface area contributed by atoms with Gasteiger partial charge in [-0.2, -0.15) is 0 Å². The van der Waals surface area contributed by atoms with Crippen molar-refractivity contribution in [3.8, 4) is 0 Å². The molecule has 4 aliphatic rings. The van der Waals surface area contributed by atoms with Crippen molar-refractivity contribution in [3.63, 3.8) is 0 Å². The third-order valence-electron chi connectivity index (χ3n) is 9.98. The largest absolute Gasteiger partial charge is 0.436 e. The topological polar surface area (TPSA) is 71.0 Å². The first-order chi connectivity index (χ1) is 16.2. The van der Waals surface area contributed by atoms with E-state index in [4.69, 9.17) is 4.84 Å². The second-order valence-corrected chi connectivity index (χ2v) is 11.5. The number of halogens is 1. The molecule has 7 heteroatoms. The molecule has 3 fully saturated rings. The molecule has 0 aromatic carbocycles. The number of fused-ring (bicyclic) bond motifs is 5. The Morgan fingerprint density at radius 2 is 1.97 bits per heavy atom. The van der Waals surface area contributed by atoms with Crippen LogP contribution in [-0.2, 0) is 9.63 Å². The maximum absolute atomic E-state index is 12.9. The smallest absolute Gasteiger partial charge is 0.318 e. The van der Waals surface area contributed by atoms with Gasteiger partial charge in [0.2, 0.25) is 0 Å². The van der Waals surface area contributed by atoms with Crippen LogP contribution in [0, 0.1) is 34.5 Å². The monoisotopic (exact) mass is 475 g/mol. The second kappa shape index (κ2) is 10.1. The molecule has 6 nitrogen and oxygen atoms in total. The van der Waals surface area contributed by atoms with E-state index < -0.39 is 12.8 Å². The molecule has 0 heterocycles. The van der Waals surface area contributed by atoms with Gasteiger partial charge in [0.25, 0.3) is 0 Å². The number of carbonyl (C=O) groups excluding carboxylic acids is 2. The highest BCUT2D eigenvalue weighted by Gasteiger charge is 2.59. The third kappa shape index (κ3) is 4.45. The van der Waals surface area contributed by atoms with Crippen molar-refractivity contribution in [1.29, 1.82) is 0 Å². The lowest BCUT2D eigenvalue weighted by Gasteiger charge is -2.58. The first-order valence-corrected chi connectivity index (χ1v) is 13.2. The standard InChI is InChI=1S/C27H42FN3O3/c1-18(30-34-25(33)31(15-13-28)16-14-29-4)22-7-8-23-21-6-5-19-17-20(32)9-11-26(19,2)24(21)10-12-27(22,23)3/h17,21-24,29H,5-16H2,1-4H3/b30-18+/t21-,22+,23-,24-,26-,27+/m0/s1. The van der Waals surface area contributed by atoms with Gasteiger partial charge in [0.05, 0.1) is 12.3 Å². The first kappa shape index (κ1) is 25.3. The van der Waals surface area contributed by atoms with E-state index in [9.17, 15) is 14.0 Å². The van der Waals surface area contributed by atoms with Crippen LogP contribution in [0.5, 0.6) is 0 Å². The molecule has 0 aliphatic heterocycles. The fourth-order valence-electron chi connectivity index (χ4n) is 8.12. The molecule has 4 aliphatic carbocycles. The van der Waals surface area contributed by atoms with Gasteiger partial charge in [-0.1, -0.05) is 24.6 Å². The fraction of sp³-hybridized carbons (Fsp3) is 0.815. The quantitative estimate of drug-likeness (QED) is 0.314. The van der Waals surface area contributed by atoms with Crippen LogP contribution in [-0.4, -0.2) is 55.8 Å². The average molecular weight is 476 g/mol. The van der Waals surface area contributed by atoms with Gasteiger partial charge in [-0.25, -0.2) is 9.18 Å². The molecule has 0 aromatic heterocycles. The molecule has 1 N–H and O–H groups in total. The molecule has 0 saturated heterocycles. The van der Waals surface area contributed by atoms with E-state index in [0.29, 0.717) is 49.0 Å². The highest BCUT2D eigenvalue weighted by atomic mass is 19.1. The van der Waals surface area contributed by atoms with E-state index in [1.165, 1.54) is 29.7 Å². The van der Waals surface area contributed by atoms with E-state index in [-0.39, 0.29) is 17.4 Å². The van der Waals surface area contributed by atoms with E-state index >= 15 is 0 Å². The maximum Gasteiger partial charge on any atom is 0.436 e. The lowest BCUT2D eigenvalue weighted by molar-refractivity contribution is -0.117. The summed E-state index contributed by atoms with van der Waals surface area (Å²) in [6.07, 6.45) is 9.93. The number of likely N-dealkylation sites (N-methyl/N-ethyl adjacent to an activating group) is 1. The zero-order valence-corrected chi connectivity index (χ0v) is 21.4. The van der Waals surface area contributed by atoms with Crippen LogP contribution < -0.4 is 5.32 Å². The van der Waals surface area contributed by atoms with Gasteiger partial charge < -0.3 is 10.2 Å². The lowest BCUT2D eigenvalue weighted by Crippen LogP contribution is -2.51. The van der Waals surface area contributed by atoms with Crippen molar-refractivity contribution in [2.24, 2.45) is 39.7 Å². The number of hydrogen-bond acceptors (Lipinski definition) is 5. The highest BCUT2D eigenvalue weighted by Crippen LogP contribution is 2.66. The van der Waals surface area contributed by atoms with Gasteiger partial charge >= 0.3 is 6.09 Å². The SMILES string of the molecule is CNCCN(CCF)C(=O)O/N=C(\C)[C@H]1CC[C@H]2[C@@H]3CCC4=CC(=O)CC[C@]4(C)[C@H]3CC[C@]12C. The molecule has 0 unspecified atom stereocenters. The normalized spacial score (nSPS) is 37.4. The van der Waals surface area contributed by atoms with E-state index in [1.807, 2.05) is 13.0 Å². The second-order valence-electron chi connectivity index (χ2n) is 11.5.